The summed E-state index contributed by atoms with van der Waals surface area (Å²) in [5.41, 5.74) is 3.68. The van der Waals surface area contributed by atoms with E-state index in [-0.39, 0.29) is 23.3 Å². The van der Waals surface area contributed by atoms with E-state index in [1.54, 1.807) is 19.2 Å². The van der Waals surface area contributed by atoms with E-state index >= 15 is 0 Å². The predicted molar refractivity (Wildman–Crippen MR) is 134 cm³/mol. The van der Waals surface area contributed by atoms with Crippen LogP contribution >= 0.6 is 0 Å². The third-order valence-electron chi connectivity index (χ3n) is 5.60. The van der Waals surface area contributed by atoms with E-state index in [9.17, 15) is 13.2 Å². The van der Waals surface area contributed by atoms with Crippen LogP contribution < -0.4 is 5.32 Å². The summed E-state index contributed by atoms with van der Waals surface area (Å²) in [6, 6.07) is 23.9. The third kappa shape index (κ3) is 6.53. The molecule has 0 aliphatic carbocycles. The summed E-state index contributed by atoms with van der Waals surface area (Å²) in [5, 5.41) is 2.89. The zero-order valence-electron chi connectivity index (χ0n) is 19.7. The van der Waals surface area contributed by atoms with Gasteiger partial charge in [-0.2, -0.15) is 4.31 Å². The van der Waals surface area contributed by atoms with E-state index in [2.05, 4.69) is 31.3 Å². The van der Waals surface area contributed by atoms with Crippen LogP contribution in [-0.4, -0.2) is 25.7 Å². The number of carbonyl (C=O) groups is 1. The maximum absolute atomic E-state index is 12.9. The largest absolute Gasteiger partial charge is 0.326 e. The number of anilines is 1. The minimum absolute atomic E-state index is 0.136. The first-order chi connectivity index (χ1) is 15.7. The molecule has 33 heavy (non-hydrogen) atoms. The molecule has 0 aromatic heterocycles. The van der Waals surface area contributed by atoms with Gasteiger partial charge >= 0.3 is 0 Å². The van der Waals surface area contributed by atoms with Crippen molar-refractivity contribution in [3.63, 3.8) is 0 Å². The number of nitrogens with one attached hydrogen (secondary N) is 1. The lowest BCUT2D eigenvalue weighted by molar-refractivity contribution is -0.117. The van der Waals surface area contributed by atoms with Crippen molar-refractivity contribution in [2.45, 2.75) is 44.6 Å². The first-order valence-electron chi connectivity index (χ1n) is 11.2. The normalized spacial score (nSPS) is 12.7. The fourth-order valence-corrected chi connectivity index (χ4v) is 4.79. The number of amides is 1. The van der Waals surface area contributed by atoms with Crippen molar-refractivity contribution in [2.75, 3.05) is 12.4 Å². The lowest BCUT2D eigenvalue weighted by Crippen LogP contribution is -2.26. The van der Waals surface area contributed by atoms with Crippen molar-refractivity contribution in [3.05, 3.63) is 95.6 Å². The Morgan fingerprint density at radius 1 is 0.848 bits per heavy atom. The van der Waals surface area contributed by atoms with Gasteiger partial charge in [0.2, 0.25) is 15.9 Å². The quantitative estimate of drug-likeness (QED) is 0.458. The van der Waals surface area contributed by atoms with E-state index in [1.807, 2.05) is 49.4 Å². The number of carbonyl (C=O) groups excluding carboxylic acids is 1. The summed E-state index contributed by atoms with van der Waals surface area (Å²) in [5.74, 6) is 0.128. The molecule has 5 nitrogen and oxygen atoms in total. The lowest BCUT2D eigenvalue weighted by atomic mass is 9.96. The number of hydrogen-bond donors (Lipinski definition) is 1. The van der Waals surface area contributed by atoms with Crippen LogP contribution in [0.4, 0.5) is 5.69 Å². The molecule has 0 fully saturated rings. The highest BCUT2D eigenvalue weighted by Gasteiger charge is 2.21. The molecule has 1 amide bonds. The first kappa shape index (κ1) is 24.7. The summed E-state index contributed by atoms with van der Waals surface area (Å²) < 4.78 is 27.1. The second kappa shape index (κ2) is 10.8. The number of benzene rings is 3. The van der Waals surface area contributed by atoms with Crippen molar-refractivity contribution < 1.29 is 13.2 Å². The molecule has 0 saturated carbocycles. The molecular weight excluding hydrogens is 432 g/mol. The molecule has 3 rings (SSSR count). The molecule has 0 spiro atoms. The van der Waals surface area contributed by atoms with Crippen LogP contribution in [-0.2, 0) is 27.8 Å². The van der Waals surface area contributed by atoms with Gasteiger partial charge in [0.1, 0.15) is 0 Å². The van der Waals surface area contributed by atoms with Gasteiger partial charge in [-0.15, -0.1) is 0 Å². The number of rotatable bonds is 9. The van der Waals surface area contributed by atoms with Gasteiger partial charge in [0.05, 0.1) is 10.8 Å². The Kier molecular flexibility index (Phi) is 8.06. The molecule has 0 saturated heterocycles. The molecule has 0 radical (unpaired) electrons. The fraction of sp³-hybridized carbons (Fsp3) is 0.296. The molecule has 6 heteroatoms. The van der Waals surface area contributed by atoms with E-state index < -0.39 is 10.0 Å². The maximum Gasteiger partial charge on any atom is 0.243 e. The summed E-state index contributed by atoms with van der Waals surface area (Å²) >= 11 is 0. The van der Waals surface area contributed by atoms with Crippen molar-refractivity contribution in [1.82, 2.24) is 4.31 Å². The molecule has 174 valence electrons. The molecule has 1 N–H and O–H groups in total. The summed E-state index contributed by atoms with van der Waals surface area (Å²) in [6.45, 7) is 6.52. The van der Waals surface area contributed by atoms with Crippen molar-refractivity contribution >= 4 is 21.6 Å². The Balaban J connectivity index is 1.64. The number of sulfonamides is 1. The SMILES string of the molecule is CC(C)Cc1ccc(C(C)C(=O)Nc2ccc(S(=O)(=O)N(C)Cc3ccccc3)cc2)cc1. The van der Waals surface area contributed by atoms with Gasteiger partial charge in [-0.1, -0.05) is 68.4 Å². The van der Waals surface area contributed by atoms with Crippen LogP contribution in [0.5, 0.6) is 0 Å². The van der Waals surface area contributed by atoms with E-state index in [4.69, 9.17) is 0 Å². The highest BCUT2D eigenvalue weighted by molar-refractivity contribution is 7.89. The minimum atomic E-state index is -3.63. The van der Waals surface area contributed by atoms with Crippen molar-refractivity contribution in [3.8, 4) is 0 Å². The molecule has 1 atom stereocenters. The maximum atomic E-state index is 12.9. The van der Waals surface area contributed by atoms with Crippen LogP contribution in [0.25, 0.3) is 0 Å². The van der Waals surface area contributed by atoms with Crippen LogP contribution in [0, 0.1) is 5.92 Å². The van der Waals surface area contributed by atoms with Gasteiger partial charge in [-0.25, -0.2) is 8.42 Å². The van der Waals surface area contributed by atoms with Gasteiger partial charge < -0.3 is 5.32 Å². The Morgan fingerprint density at radius 2 is 1.45 bits per heavy atom. The first-order valence-corrected chi connectivity index (χ1v) is 12.6. The number of hydrogen-bond acceptors (Lipinski definition) is 3. The summed E-state index contributed by atoms with van der Waals surface area (Å²) in [6.07, 6.45) is 1.01. The molecular formula is C27H32N2O3S. The molecule has 0 heterocycles. The van der Waals surface area contributed by atoms with Crippen LogP contribution in [0.15, 0.2) is 83.8 Å². The van der Waals surface area contributed by atoms with E-state index in [0.29, 0.717) is 11.6 Å². The molecule has 3 aromatic carbocycles. The molecule has 0 aliphatic heterocycles. The Morgan fingerprint density at radius 3 is 2.03 bits per heavy atom. The van der Waals surface area contributed by atoms with Crippen molar-refractivity contribution in [2.24, 2.45) is 5.92 Å². The predicted octanol–water partition coefficient (Wildman–Crippen LogP) is 5.45. The average Bonchev–Trinajstić information content (AvgIpc) is 2.79. The highest BCUT2D eigenvalue weighted by atomic mass is 32.2. The zero-order chi connectivity index (χ0) is 24.0. The van der Waals surface area contributed by atoms with Gasteiger partial charge in [-0.3, -0.25) is 4.79 Å². The minimum Gasteiger partial charge on any atom is -0.326 e. The van der Waals surface area contributed by atoms with Crippen LogP contribution in [0.1, 0.15) is 43.4 Å². The van der Waals surface area contributed by atoms with Crippen LogP contribution in [0.2, 0.25) is 0 Å². The van der Waals surface area contributed by atoms with E-state index in [0.717, 1.165) is 17.5 Å². The molecule has 1 unspecified atom stereocenters. The summed E-state index contributed by atoms with van der Waals surface area (Å²) in [7, 11) is -2.07. The average molecular weight is 465 g/mol. The topological polar surface area (TPSA) is 66.5 Å². The fourth-order valence-electron chi connectivity index (χ4n) is 3.63. The monoisotopic (exact) mass is 464 g/mol. The second-order valence-electron chi connectivity index (χ2n) is 8.82. The molecule has 0 bridgehead atoms. The highest BCUT2D eigenvalue weighted by Crippen LogP contribution is 2.22. The second-order valence-corrected chi connectivity index (χ2v) is 10.9. The third-order valence-corrected chi connectivity index (χ3v) is 7.41. The smallest absolute Gasteiger partial charge is 0.243 e. The Bertz CT molecular complexity index is 1160. The lowest BCUT2D eigenvalue weighted by Gasteiger charge is -2.18. The summed E-state index contributed by atoms with van der Waals surface area (Å²) in [4.78, 5) is 12.9. The standard InChI is InChI=1S/C27H32N2O3S/c1-20(2)18-22-10-12-24(13-11-22)21(3)27(30)28-25-14-16-26(17-15-25)33(31,32)29(4)19-23-8-6-5-7-9-23/h5-17,20-21H,18-19H2,1-4H3,(H,28,30). The van der Waals surface area contributed by atoms with Gasteiger partial charge in [0, 0.05) is 19.3 Å². The Labute approximate surface area is 197 Å². The van der Waals surface area contributed by atoms with Crippen LogP contribution in [0.3, 0.4) is 0 Å². The van der Waals surface area contributed by atoms with Crippen molar-refractivity contribution in [1.29, 1.82) is 0 Å². The number of nitrogens with zero attached hydrogens (tertiary/aromatic N) is 1. The molecule has 3 aromatic rings. The molecule has 0 aliphatic rings. The van der Waals surface area contributed by atoms with E-state index in [1.165, 1.54) is 22.0 Å². The van der Waals surface area contributed by atoms with Gasteiger partial charge in [-0.05, 0) is 60.2 Å². The Hall–Kier alpha value is -2.96. The van der Waals surface area contributed by atoms with Gasteiger partial charge in [0.15, 0.2) is 0 Å². The zero-order valence-corrected chi connectivity index (χ0v) is 20.5. The van der Waals surface area contributed by atoms with Gasteiger partial charge in [0.25, 0.3) is 0 Å².